The van der Waals surface area contributed by atoms with Crippen LogP contribution >= 0.6 is 34.5 Å². The summed E-state index contributed by atoms with van der Waals surface area (Å²) in [7, 11) is 1.50. The zero-order valence-electron chi connectivity index (χ0n) is 15.0. The van der Waals surface area contributed by atoms with Crippen LogP contribution in [0.2, 0.25) is 10.0 Å². The molecule has 0 saturated heterocycles. The lowest BCUT2D eigenvalue weighted by atomic mass is 10.1. The molecule has 0 aliphatic rings. The van der Waals surface area contributed by atoms with Gasteiger partial charge < -0.3 is 10.1 Å². The number of nitrogens with one attached hydrogen (secondary N) is 1. The van der Waals surface area contributed by atoms with Crippen molar-refractivity contribution in [3.05, 3.63) is 64.4 Å². The molecule has 0 saturated carbocycles. The normalized spacial score (nSPS) is 11.3. The third kappa shape index (κ3) is 4.24. The number of hydrogen-bond acceptors (Lipinski definition) is 6. The van der Waals surface area contributed by atoms with Crippen LogP contribution in [0.25, 0.3) is 21.6 Å². The van der Waals surface area contributed by atoms with Crippen molar-refractivity contribution >= 4 is 57.2 Å². The van der Waals surface area contributed by atoms with Gasteiger partial charge in [0.2, 0.25) is 10.9 Å². The minimum absolute atomic E-state index is 0.307. The van der Waals surface area contributed by atoms with Crippen LogP contribution in [0.3, 0.4) is 0 Å². The second-order valence-electron chi connectivity index (χ2n) is 5.88. The van der Waals surface area contributed by atoms with Crippen LogP contribution in [0.15, 0.2) is 48.8 Å². The molecule has 4 aromatic rings. The van der Waals surface area contributed by atoms with E-state index in [1.807, 2.05) is 18.2 Å². The first-order valence-corrected chi connectivity index (χ1v) is 9.90. The number of benzene rings is 2. The second-order valence-corrected chi connectivity index (χ2v) is 7.68. The average molecular weight is 446 g/mol. The molecule has 0 atom stereocenters. The molecule has 0 unspecified atom stereocenters. The molecule has 0 spiro atoms. The van der Waals surface area contributed by atoms with Gasteiger partial charge in [0, 0.05) is 27.9 Å². The lowest BCUT2D eigenvalue weighted by Crippen LogP contribution is -2.07. The highest BCUT2D eigenvalue weighted by atomic mass is 35.5. The van der Waals surface area contributed by atoms with E-state index < -0.39 is 0 Å². The number of hydrogen-bond donors (Lipinski definition) is 1. The SMILES string of the molecule is COc1c(Cl)cc(Cl)cc1/C=C/C(=O)Nc1cccc(-c2nn3cnnc3s2)c1. The number of methoxy groups -OCH3 is 1. The minimum Gasteiger partial charge on any atom is -0.495 e. The van der Waals surface area contributed by atoms with E-state index in [2.05, 4.69) is 20.6 Å². The predicted molar refractivity (Wildman–Crippen MR) is 115 cm³/mol. The third-order valence-electron chi connectivity index (χ3n) is 3.92. The van der Waals surface area contributed by atoms with Gasteiger partial charge in [-0.3, -0.25) is 4.79 Å². The van der Waals surface area contributed by atoms with Gasteiger partial charge in [-0.2, -0.15) is 9.61 Å². The van der Waals surface area contributed by atoms with E-state index in [4.69, 9.17) is 27.9 Å². The van der Waals surface area contributed by atoms with Crippen LogP contribution in [0.1, 0.15) is 5.56 Å². The molecule has 0 radical (unpaired) electrons. The molecule has 0 aliphatic carbocycles. The monoisotopic (exact) mass is 445 g/mol. The quantitative estimate of drug-likeness (QED) is 0.445. The zero-order valence-corrected chi connectivity index (χ0v) is 17.3. The van der Waals surface area contributed by atoms with Crippen molar-refractivity contribution in [3.8, 4) is 16.3 Å². The number of ether oxygens (including phenoxy) is 1. The number of nitrogens with zero attached hydrogens (tertiary/aromatic N) is 4. The Morgan fingerprint density at radius 1 is 1.28 bits per heavy atom. The first kappa shape index (κ1) is 19.4. The topological polar surface area (TPSA) is 81.4 Å². The number of aromatic nitrogens is 4. The first-order valence-electron chi connectivity index (χ1n) is 8.33. The lowest BCUT2D eigenvalue weighted by molar-refractivity contribution is -0.111. The molecule has 1 amide bonds. The second kappa shape index (κ2) is 8.20. The van der Waals surface area contributed by atoms with Crippen molar-refractivity contribution in [2.75, 3.05) is 12.4 Å². The zero-order chi connectivity index (χ0) is 20.4. The van der Waals surface area contributed by atoms with E-state index in [0.29, 0.717) is 32.0 Å². The van der Waals surface area contributed by atoms with Crippen LogP contribution in [0.4, 0.5) is 5.69 Å². The van der Waals surface area contributed by atoms with Crippen molar-refractivity contribution < 1.29 is 9.53 Å². The van der Waals surface area contributed by atoms with Gasteiger partial charge in [0.25, 0.3) is 0 Å². The van der Waals surface area contributed by atoms with Crippen LogP contribution in [-0.4, -0.2) is 32.8 Å². The smallest absolute Gasteiger partial charge is 0.248 e. The van der Waals surface area contributed by atoms with Crippen molar-refractivity contribution in [2.24, 2.45) is 0 Å². The Balaban J connectivity index is 1.52. The van der Waals surface area contributed by atoms with Crippen LogP contribution < -0.4 is 10.1 Å². The number of halogens is 2. The summed E-state index contributed by atoms with van der Waals surface area (Å²) in [5, 5.41) is 16.6. The number of carbonyl (C=O) groups excluding carboxylic acids is 1. The summed E-state index contributed by atoms with van der Waals surface area (Å²) >= 11 is 13.6. The Labute approximate surface area is 179 Å². The van der Waals surface area contributed by atoms with Gasteiger partial charge in [0.05, 0.1) is 12.1 Å². The summed E-state index contributed by atoms with van der Waals surface area (Å²) in [5.41, 5.74) is 2.11. The number of fused-ring (bicyclic) bond motifs is 1. The summed E-state index contributed by atoms with van der Waals surface area (Å²) < 4.78 is 6.88. The molecule has 4 rings (SSSR count). The molecule has 146 valence electrons. The summed E-state index contributed by atoms with van der Waals surface area (Å²) in [5.74, 6) is 0.142. The van der Waals surface area contributed by atoms with Gasteiger partial charge in [0.1, 0.15) is 17.1 Å². The molecule has 0 bridgehead atoms. The van der Waals surface area contributed by atoms with Crippen LogP contribution in [0, 0.1) is 0 Å². The maximum Gasteiger partial charge on any atom is 0.248 e. The molecule has 10 heteroatoms. The van der Waals surface area contributed by atoms with Crippen molar-refractivity contribution in [1.82, 2.24) is 19.8 Å². The third-order valence-corrected chi connectivity index (χ3v) is 5.38. The fraction of sp³-hybridized carbons (Fsp3) is 0.0526. The van der Waals surface area contributed by atoms with Gasteiger partial charge in [0.15, 0.2) is 0 Å². The Kier molecular flexibility index (Phi) is 5.48. The van der Waals surface area contributed by atoms with Gasteiger partial charge in [-0.25, -0.2) is 0 Å². The van der Waals surface area contributed by atoms with E-state index in [0.717, 1.165) is 10.6 Å². The largest absolute Gasteiger partial charge is 0.495 e. The van der Waals surface area contributed by atoms with Crippen LogP contribution in [-0.2, 0) is 4.79 Å². The number of anilines is 1. The van der Waals surface area contributed by atoms with Gasteiger partial charge in [-0.1, -0.05) is 46.7 Å². The van der Waals surface area contributed by atoms with E-state index in [1.54, 1.807) is 35.1 Å². The summed E-state index contributed by atoms with van der Waals surface area (Å²) in [6.07, 6.45) is 4.53. The molecule has 0 aliphatic heterocycles. The molecule has 0 fully saturated rings. The van der Waals surface area contributed by atoms with E-state index >= 15 is 0 Å². The summed E-state index contributed by atoms with van der Waals surface area (Å²) in [6, 6.07) is 10.6. The Morgan fingerprint density at radius 2 is 2.14 bits per heavy atom. The van der Waals surface area contributed by atoms with E-state index in [9.17, 15) is 4.79 Å². The summed E-state index contributed by atoms with van der Waals surface area (Å²) in [4.78, 5) is 13.1. The van der Waals surface area contributed by atoms with Gasteiger partial charge in [-0.05, 0) is 30.3 Å². The van der Waals surface area contributed by atoms with Crippen molar-refractivity contribution in [3.63, 3.8) is 0 Å². The number of amides is 1. The van der Waals surface area contributed by atoms with Crippen molar-refractivity contribution in [1.29, 1.82) is 0 Å². The number of rotatable bonds is 5. The standard InChI is InChI=1S/C19H13Cl2N5O2S/c1-28-17-11(7-13(20)9-15(17)21)5-6-16(27)23-14-4-2-3-12(8-14)18-25-26-10-22-24-19(26)29-18/h2-10H,1H3,(H,23,27)/b6-5+. The average Bonchev–Trinajstić information content (AvgIpc) is 3.28. The first-order chi connectivity index (χ1) is 14.0. The molecule has 2 aromatic heterocycles. The van der Waals surface area contributed by atoms with E-state index in [-0.39, 0.29) is 5.91 Å². The minimum atomic E-state index is -0.307. The highest BCUT2D eigenvalue weighted by Crippen LogP contribution is 2.33. The fourth-order valence-corrected chi connectivity index (χ4v) is 4.08. The molecular weight excluding hydrogens is 433 g/mol. The molecule has 29 heavy (non-hydrogen) atoms. The maximum absolute atomic E-state index is 12.4. The highest BCUT2D eigenvalue weighted by molar-refractivity contribution is 7.19. The maximum atomic E-state index is 12.4. The number of carbonyl (C=O) groups is 1. The Bertz CT molecular complexity index is 1210. The molecule has 1 N–H and O–H groups in total. The predicted octanol–water partition coefficient (Wildman–Crippen LogP) is 4.82. The molecule has 2 aromatic carbocycles. The van der Waals surface area contributed by atoms with Gasteiger partial charge >= 0.3 is 0 Å². The van der Waals surface area contributed by atoms with Crippen molar-refractivity contribution in [2.45, 2.75) is 0 Å². The fourth-order valence-electron chi connectivity index (χ4n) is 2.68. The highest BCUT2D eigenvalue weighted by Gasteiger charge is 2.10. The Morgan fingerprint density at radius 3 is 2.93 bits per heavy atom. The van der Waals surface area contributed by atoms with Crippen LogP contribution in [0.5, 0.6) is 5.75 Å². The molecular formula is C19H13Cl2N5O2S. The molecule has 7 nitrogen and oxygen atoms in total. The molecule has 2 heterocycles. The van der Waals surface area contributed by atoms with Gasteiger partial charge in [-0.15, -0.1) is 10.2 Å². The lowest BCUT2D eigenvalue weighted by Gasteiger charge is -2.08. The Hall–Kier alpha value is -2.94. The van der Waals surface area contributed by atoms with E-state index in [1.165, 1.54) is 24.5 Å². The summed E-state index contributed by atoms with van der Waals surface area (Å²) in [6.45, 7) is 0.